The summed E-state index contributed by atoms with van der Waals surface area (Å²) < 4.78 is 11.2. The minimum Gasteiger partial charge on any atom is -0.362 e. The lowest BCUT2D eigenvalue weighted by molar-refractivity contribution is -0.129. The van der Waals surface area contributed by atoms with Crippen LogP contribution in [0.2, 0.25) is 0 Å². The van der Waals surface area contributed by atoms with E-state index in [1.165, 1.54) is 0 Å². The molecule has 2 heterocycles. The van der Waals surface area contributed by atoms with Gasteiger partial charge in [-0.2, -0.15) is 0 Å². The molecule has 4 atom stereocenters. The fourth-order valence-electron chi connectivity index (χ4n) is 2.78. The second-order valence-corrected chi connectivity index (χ2v) is 5.30. The highest BCUT2D eigenvalue weighted by molar-refractivity contribution is 5.95. The van der Waals surface area contributed by atoms with Crippen LogP contribution in [0.3, 0.4) is 0 Å². The first kappa shape index (κ1) is 7.94. The Hall–Kier alpha value is -0.410. The van der Waals surface area contributed by atoms with E-state index in [-0.39, 0.29) is 34.6 Å². The predicted molar refractivity (Wildman–Crippen MR) is 45.3 cm³/mol. The maximum Gasteiger partial charge on any atom is 0.172 e. The van der Waals surface area contributed by atoms with Crippen molar-refractivity contribution in [2.75, 3.05) is 0 Å². The van der Waals surface area contributed by atoms with Gasteiger partial charge in [0.05, 0.1) is 5.41 Å². The average Bonchev–Trinajstić information content (AvgIpc) is 2.86. The van der Waals surface area contributed by atoms with E-state index in [1.54, 1.807) is 0 Å². The highest BCUT2D eigenvalue weighted by Crippen LogP contribution is 2.67. The van der Waals surface area contributed by atoms with Crippen molar-refractivity contribution in [2.45, 2.75) is 51.1 Å². The van der Waals surface area contributed by atoms with Crippen molar-refractivity contribution in [3.63, 3.8) is 0 Å². The molecule has 4 unspecified atom stereocenters. The van der Waals surface area contributed by atoms with Gasteiger partial charge < -0.3 is 9.47 Å². The molecule has 0 bridgehead atoms. The molecular weight excluding hydrogens is 168 g/mol. The number of carbonyl (C=O) groups excluding carboxylic acids is 1. The molecule has 2 aliphatic heterocycles. The monoisotopic (exact) mass is 182 g/mol. The zero-order chi connectivity index (χ0) is 9.65. The zero-order valence-corrected chi connectivity index (χ0v) is 8.38. The lowest BCUT2D eigenvalue weighted by atomic mass is 9.67. The fraction of sp³-hybridized carbons (Fsp3) is 0.900. The summed E-state index contributed by atoms with van der Waals surface area (Å²) in [5.41, 5.74) is -0.908. The van der Waals surface area contributed by atoms with Crippen molar-refractivity contribution in [1.82, 2.24) is 0 Å². The minimum absolute atomic E-state index is 0.0521. The van der Waals surface area contributed by atoms with E-state index in [0.29, 0.717) is 0 Å². The van der Waals surface area contributed by atoms with Crippen molar-refractivity contribution in [3.05, 3.63) is 0 Å². The largest absolute Gasteiger partial charge is 0.362 e. The minimum atomic E-state index is -0.366. The third-order valence-electron chi connectivity index (χ3n) is 4.13. The van der Waals surface area contributed by atoms with Crippen LogP contribution in [0.4, 0.5) is 0 Å². The van der Waals surface area contributed by atoms with Crippen LogP contribution in [-0.4, -0.2) is 29.2 Å². The maximum atomic E-state index is 11.9. The van der Waals surface area contributed by atoms with Gasteiger partial charge in [-0.05, 0) is 13.8 Å². The van der Waals surface area contributed by atoms with Gasteiger partial charge in [0.1, 0.15) is 23.4 Å². The predicted octanol–water partition coefficient (Wildman–Crippen LogP) is 0.910. The standard InChI is InChI=1S/C10H14O3/c1-8(2)5(11)6-9(3,12-6)10(4)7(8)13-10/h6-7H,1-4H3. The molecule has 0 radical (unpaired) electrons. The van der Waals surface area contributed by atoms with Crippen molar-refractivity contribution < 1.29 is 14.3 Å². The Morgan fingerprint density at radius 3 is 2.31 bits per heavy atom. The quantitative estimate of drug-likeness (QED) is 0.523. The summed E-state index contributed by atoms with van der Waals surface area (Å²) in [4.78, 5) is 11.9. The fourth-order valence-corrected chi connectivity index (χ4v) is 2.78. The van der Waals surface area contributed by atoms with Crippen molar-refractivity contribution in [3.8, 4) is 0 Å². The summed E-state index contributed by atoms with van der Waals surface area (Å²) in [5.74, 6) is 0.204. The second kappa shape index (κ2) is 1.59. The second-order valence-electron chi connectivity index (χ2n) is 5.30. The molecule has 72 valence electrons. The van der Waals surface area contributed by atoms with E-state index < -0.39 is 0 Å². The van der Waals surface area contributed by atoms with Crippen LogP contribution in [0.1, 0.15) is 27.7 Å². The van der Waals surface area contributed by atoms with Crippen LogP contribution >= 0.6 is 0 Å². The Labute approximate surface area is 77.4 Å². The molecule has 0 N–H and O–H groups in total. The van der Waals surface area contributed by atoms with Crippen LogP contribution in [0.25, 0.3) is 0 Å². The molecule has 3 rings (SSSR count). The van der Waals surface area contributed by atoms with Gasteiger partial charge in [0.2, 0.25) is 0 Å². The molecule has 0 aromatic rings. The number of rotatable bonds is 0. The molecule has 1 saturated carbocycles. The average molecular weight is 182 g/mol. The maximum absolute atomic E-state index is 11.9. The van der Waals surface area contributed by atoms with Crippen LogP contribution < -0.4 is 0 Å². The van der Waals surface area contributed by atoms with Crippen LogP contribution in [0, 0.1) is 5.41 Å². The van der Waals surface area contributed by atoms with Crippen LogP contribution in [-0.2, 0) is 14.3 Å². The Morgan fingerprint density at radius 1 is 1.08 bits per heavy atom. The van der Waals surface area contributed by atoms with Gasteiger partial charge in [0.25, 0.3) is 0 Å². The molecule has 3 aliphatic rings. The molecule has 0 aromatic carbocycles. The third kappa shape index (κ3) is 0.588. The highest BCUT2D eigenvalue weighted by atomic mass is 16.7. The van der Waals surface area contributed by atoms with Gasteiger partial charge in [-0.3, -0.25) is 4.79 Å². The normalized spacial score (nSPS) is 61.1. The first-order chi connectivity index (χ1) is 5.84. The van der Waals surface area contributed by atoms with Crippen LogP contribution in [0.15, 0.2) is 0 Å². The molecule has 3 nitrogen and oxygen atoms in total. The van der Waals surface area contributed by atoms with E-state index in [4.69, 9.17) is 9.47 Å². The van der Waals surface area contributed by atoms with Gasteiger partial charge in [-0.1, -0.05) is 13.8 Å². The van der Waals surface area contributed by atoms with Gasteiger partial charge >= 0.3 is 0 Å². The summed E-state index contributed by atoms with van der Waals surface area (Å²) in [6.07, 6.45) is -0.164. The number of Topliss-reactive ketones (excluding diaryl/α,β-unsaturated/α-hetero) is 1. The van der Waals surface area contributed by atoms with Gasteiger partial charge in [-0.15, -0.1) is 0 Å². The number of ketones is 1. The summed E-state index contributed by atoms with van der Waals surface area (Å²) in [7, 11) is 0. The first-order valence-corrected chi connectivity index (χ1v) is 4.74. The van der Waals surface area contributed by atoms with E-state index in [9.17, 15) is 4.79 Å². The van der Waals surface area contributed by atoms with Gasteiger partial charge in [0.15, 0.2) is 5.78 Å². The van der Waals surface area contributed by atoms with Crippen molar-refractivity contribution in [2.24, 2.45) is 5.41 Å². The summed E-state index contributed by atoms with van der Waals surface area (Å²) in [6.45, 7) is 7.93. The summed E-state index contributed by atoms with van der Waals surface area (Å²) >= 11 is 0. The molecule has 2 saturated heterocycles. The Kier molecular flexibility index (Phi) is 0.972. The Morgan fingerprint density at radius 2 is 1.69 bits per heavy atom. The number of hydrogen-bond acceptors (Lipinski definition) is 3. The highest BCUT2D eigenvalue weighted by Gasteiger charge is 2.85. The molecule has 3 fully saturated rings. The molecule has 13 heavy (non-hydrogen) atoms. The van der Waals surface area contributed by atoms with E-state index in [2.05, 4.69) is 0 Å². The lowest BCUT2D eigenvalue weighted by Crippen LogP contribution is -2.49. The van der Waals surface area contributed by atoms with Crippen molar-refractivity contribution in [1.29, 1.82) is 0 Å². The molecular formula is C10H14O3. The number of epoxide rings is 2. The molecule has 0 amide bonds. The Balaban J connectivity index is 2.09. The summed E-state index contributed by atoms with van der Waals surface area (Å²) in [5, 5.41) is 0. The number of ether oxygens (including phenoxy) is 2. The van der Waals surface area contributed by atoms with Crippen LogP contribution in [0.5, 0.6) is 0 Å². The SMILES string of the molecule is CC1(C)C(=O)C2OC2(C)C2(C)OC12. The number of hydrogen-bond donors (Lipinski definition) is 0. The number of carbonyl (C=O) groups is 1. The molecule has 3 heteroatoms. The van der Waals surface area contributed by atoms with Gasteiger partial charge in [-0.25, -0.2) is 0 Å². The smallest absolute Gasteiger partial charge is 0.172 e. The third-order valence-corrected chi connectivity index (χ3v) is 4.13. The van der Waals surface area contributed by atoms with E-state index >= 15 is 0 Å². The van der Waals surface area contributed by atoms with Gasteiger partial charge in [0, 0.05) is 0 Å². The first-order valence-electron chi connectivity index (χ1n) is 4.74. The van der Waals surface area contributed by atoms with E-state index in [0.717, 1.165) is 0 Å². The van der Waals surface area contributed by atoms with E-state index in [1.807, 2.05) is 27.7 Å². The van der Waals surface area contributed by atoms with Crippen molar-refractivity contribution >= 4 is 5.78 Å². The Bertz CT molecular complexity index is 322. The molecule has 0 aromatic heterocycles. The summed E-state index contributed by atoms with van der Waals surface area (Å²) in [6, 6.07) is 0. The molecule has 0 spiro atoms. The molecule has 1 aliphatic carbocycles. The topological polar surface area (TPSA) is 42.1 Å². The number of fused-ring (bicyclic) bond motifs is 3. The lowest BCUT2D eigenvalue weighted by Gasteiger charge is -2.27. The zero-order valence-electron chi connectivity index (χ0n) is 8.38.